The largest absolute Gasteiger partial charge is 0.486 e. The second-order valence-corrected chi connectivity index (χ2v) is 21.0. The van der Waals surface area contributed by atoms with Gasteiger partial charge in [0, 0.05) is 39.2 Å². The van der Waals surface area contributed by atoms with Crippen molar-refractivity contribution in [3.63, 3.8) is 0 Å². The SMILES string of the molecule is CC(=O)NC1[C@H](OCCCNC(=O)CCCCCCC(=O)CCCCCCC(=O)COc2ccc(-c3cccc(C(=O)OCc4ccccc4)c3)cc2)OC(CO)[C@@H](O[C@@H]2OC(CO)[C@H](O)[C@H](O[C@H]3OC(CO)[C@H](O)[C@H](O)C3O)C2O)[C@@H]1O. The quantitative estimate of drug-likeness (QED) is 0.0294. The standard InChI is InChI=1S/C59H82N2O22/c1-35(65)61-47-50(71)54(82-59-53(74)55(49(70)44(31-63)80-59)83-58-52(73)51(72)48(69)43(30-62)79-58)45(32-64)81-57(47)76-28-14-27-60-46(68)22-12-5-4-10-20-40(66)19-9-2-3-11-21-41(67)34-77-42-25-23-37(24-26-42)38-17-13-18-39(29-38)56(75)78-33-36-15-7-6-8-16-36/h6-8,13,15-18,23-26,29,43-45,47-55,57-59,62-64,69-74H,2-5,9-12,14,19-22,27-28,30-34H2,1H3,(H,60,68)(H,61,65)/t43?,44?,45?,47?,48-,49-,50+,51-,52?,53?,54+,55-,57+,58+,59-/m0/s1. The van der Waals surface area contributed by atoms with Crippen molar-refractivity contribution in [2.24, 2.45) is 0 Å². The van der Waals surface area contributed by atoms with E-state index in [0.717, 1.165) is 55.2 Å². The summed E-state index contributed by atoms with van der Waals surface area (Å²) < 4.78 is 45.4. The highest BCUT2D eigenvalue weighted by molar-refractivity contribution is 5.91. The molecule has 0 saturated carbocycles. The van der Waals surface area contributed by atoms with Crippen LogP contribution in [0.3, 0.4) is 0 Å². The summed E-state index contributed by atoms with van der Waals surface area (Å²) in [5, 5.41) is 99.8. The smallest absolute Gasteiger partial charge is 0.338 e. The Morgan fingerprint density at radius 3 is 1.77 bits per heavy atom. The first kappa shape index (κ1) is 66.7. The number of carbonyl (C=O) groups excluding carboxylic acids is 5. The van der Waals surface area contributed by atoms with E-state index < -0.39 is 124 Å². The Balaban J connectivity index is 0.789. The summed E-state index contributed by atoms with van der Waals surface area (Å²) in [5.41, 5.74) is 3.09. The number of esters is 1. The maximum Gasteiger partial charge on any atom is 0.338 e. The zero-order valence-corrected chi connectivity index (χ0v) is 46.6. The van der Waals surface area contributed by atoms with Crippen molar-refractivity contribution in [3.8, 4) is 16.9 Å². The number of aliphatic hydroxyl groups is 9. The molecule has 0 aliphatic carbocycles. The lowest BCUT2D eigenvalue weighted by Crippen LogP contribution is -2.68. The highest BCUT2D eigenvalue weighted by Crippen LogP contribution is 2.33. The summed E-state index contributed by atoms with van der Waals surface area (Å²) in [4.78, 5) is 62.5. The third kappa shape index (κ3) is 20.4. The highest BCUT2D eigenvalue weighted by atomic mass is 16.8. The van der Waals surface area contributed by atoms with Gasteiger partial charge in [-0.3, -0.25) is 19.2 Å². The first-order chi connectivity index (χ1) is 40.0. The van der Waals surface area contributed by atoms with E-state index in [9.17, 15) is 69.9 Å². The number of aliphatic hydroxyl groups excluding tert-OH is 9. The van der Waals surface area contributed by atoms with Crippen LogP contribution in [0.1, 0.15) is 106 Å². The van der Waals surface area contributed by atoms with Crippen molar-refractivity contribution in [2.45, 2.75) is 189 Å². The van der Waals surface area contributed by atoms with E-state index in [4.69, 9.17) is 37.9 Å². The minimum atomic E-state index is -1.96. The predicted octanol–water partition coefficient (Wildman–Crippen LogP) is 1.02. The van der Waals surface area contributed by atoms with Crippen molar-refractivity contribution >= 4 is 29.4 Å². The monoisotopic (exact) mass is 1170 g/mol. The topological polar surface area (TPSA) is 365 Å². The zero-order valence-electron chi connectivity index (χ0n) is 46.6. The first-order valence-corrected chi connectivity index (χ1v) is 28.4. The molecule has 6 rings (SSSR count). The maximum atomic E-state index is 12.7. The summed E-state index contributed by atoms with van der Waals surface area (Å²) in [6, 6.07) is 22.7. The van der Waals surface area contributed by atoms with Crippen LogP contribution in [0, 0.1) is 0 Å². The molecule has 0 aromatic heterocycles. The lowest BCUT2D eigenvalue weighted by atomic mass is 9.95. The number of hydrogen-bond donors (Lipinski definition) is 11. The van der Waals surface area contributed by atoms with Crippen LogP contribution in [-0.2, 0) is 58.9 Å². The Morgan fingerprint density at radius 2 is 1.13 bits per heavy atom. The van der Waals surface area contributed by atoms with Crippen LogP contribution in [0.2, 0.25) is 0 Å². The lowest BCUT2D eigenvalue weighted by Gasteiger charge is -2.48. The van der Waals surface area contributed by atoms with Gasteiger partial charge in [-0.15, -0.1) is 0 Å². The van der Waals surface area contributed by atoms with Crippen LogP contribution in [0.25, 0.3) is 11.1 Å². The third-order valence-electron chi connectivity index (χ3n) is 14.6. The number of nitrogens with one attached hydrogen (secondary N) is 2. The predicted molar refractivity (Wildman–Crippen MR) is 293 cm³/mol. The lowest BCUT2D eigenvalue weighted by molar-refractivity contribution is -0.376. The summed E-state index contributed by atoms with van der Waals surface area (Å²) in [6.45, 7) is -0.886. The van der Waals surface area contributed by atoms with E-state index in [1.807, 2.05) is 48.5 Å². The first-order valence-electron chi connectivity index (χ1n) is 28.4. The molecule has 3 aromatic carbocycles. The molecule has 3 aliphatic heterocycles. The van der Waals surface area contributed by atoms with Gasteiger partial charge in [0.05, 0.1) is 32.0 Å². The second kappa shape index (κ2) is 34.5. The van der Waals surface area contributed by atoms with Crippen LogP contribution < -0.4 is 15.4 Å². The highest BCUT2D eigenvalue weighted by Gasteiger charge is 2.54. The molecule has 0 radical (unpaired) electrons. The fourth-order valence-corrected chi connectivity index (χ4v) is 9.87. The van der Waals surface area contributed by atoms with Crippen molar-refractivity contribution < 1.29 is 108 Å². The fourth-order valence-electron chi connectivity index (χ4n) is 9.87. The van der Waals surface area contributed by atoms with Crippen molar-refractivity contribution in [3.05, 3.63) is 90.0 Å². The maximum absolute atomic E-state index is 12.7. The van der Waals surface area contributed by atoms with E-state index in [-0.39, 0.29) is 50.3 Å². The van der Waals surface area contributed by atoms with Gasteiger partial charge in [0.2, 0.25) is 11.8 Å². The van der Waals surface area contributed by atoms with Gasteiger partial charge in [-0.25, -0.2) is 4.79 Å². The van der Waals surface area contributed by atoms with Gasteiger partial charge in [0.25, 0.3) is 0 Å². The second-order valence-electron chi connectivity index (χ2n) is 21.0. The van der Waals surface area contributed by atoms with E-state index >= 15 is 0 Å². The molecule has 83 heavy (non-hydrogen) atoms. The van der Waals surface area contributed by atoms with Crippen molar-refractivity contribution in [1.29, 1.82) is 0 Å². The number of hydrogen-bond acceptors (Lipinski definition) is 22. The molecule has 6 unspecified atom stereocenters. The molecule has 15 atom stereocenters. The molecule has 3 heterocycles. The zero-order chi connectivity index (χ0) is 59.8. The normalized spacial score (nSPS) is 28.0. The van der Waals surface area contributed by atoms with Gasteiger partial charge in [-0.05, 0) is 73.1 Å². The minimum Gasteiger partial charge on any atom is -0.486 e. The fraction of sp³-hybridized carbons (Fsp3) is 0.610. The molecule has 0 bridgehead atoms. The number of ether oxygens (including phenoxy) is 8. The van der Waals surface area contributed by atoms with E-state index in [2.05, 4.69) is 10.6 Å². The third-order valence-corrected chi connectivity index (χ3v) is 14.6. The molecular formula is C59H82N2O22. The van der Waals surface area contributed by atoms with Gasteiger partial charge in [0.1, 0.15) is 97.9 Å². The minimum absolute atomic E-state index is 0.00477. The molecule has 2 amide bonds. The molecule has 11 N–H and O–H groups in total. The summed E-state index contributed by atoms with van der Waals surface area (Å²) in [5.74, 6) is -0.430. The van der Waals surface area contributed by atoms with Crippen molar-refractivity contribution in [2.75, 3.05) is 39.6 Å². The number of benzene rings is 3. The summed E-state index contributed by atoms with van der Waals surface area (Å²) >= 11 is 0. The van der Waals surface area contributed by atoms with E-state index in [1.165, 1.54) is 6.92 Å². The average Bonchev–Trinajstić information content (AvgIpc) is 3.14. The molecule has 3 aromatic rings. The number of ketones is 2. The molecule has 460 valence electrons. The van der Waals surface area contributed by atoms with E-state index in [1.54, 1.807) is 30.3 Å². The van der Waals surface area contributed by atoms with Crippen LogP contribution >= 0.6 is 0 Å². The number of unbranched alkanes of at least 4 members (excludes halogenated alkanes) is 6. The molecule has 24 nitrogen and oxygen atoms in total. The number of amides is 2. The number of rotatable bonds is 34. The molecule has 3 saturated heterocycles. The van der Waals surface area contributed by atoms with Crippen LogP contribution in [0.5, 0.6) is 5.75 Å². The van der Waals surface area contributed by atoms with Crippen LogP contribution in [0.15, 0.2) is 78.9 Å². The molecule has 3 aliphatic rings. The van der Waals surface area contributed by atoms with Crippen LogP contribution in [-0.4, -0.2) is 207 Å². The Morgan fingerprint density at radius 1 is 0.542 bits per heavy atom. The number of carbonyl (C=O) groups is 5. The Hall–Kier alpha value is -5.39. The summed E-state index contributed by atoms with van der Waals surface area (Å²) in [7, 11) is 0. The summed E-state index contributed by atoms with van der Waals surface area (Å²) in [6.07, 6.45) is -15.5. The Labute approximate surface area is 481 Å². The van der Waals surface area contributed by atoms with Gasteiger partial charge in [-0.2, -0.15) is 0 Å². The average molecular weight is 1170 g/mol. The number of Topliss-reactive ketones (excluding diaryl/α,β-unsaturated/α-hetero) is 2. The molecule has 0 spiro atoms. The van der Waals surface area contributed by atoms with Crippen molar-refractivity contribution in [1.82, 2.24) is 10.6 Å². The van der Waals surface area contributed by atoms with E-state index in [0.29, 0.717) is 49.8 Å². The Bertz CT molecular complexity index is 2450. The Kier molecular flexibility index (Phi) is 27.8. The van der Waals surface area contributed by atoms with Gasteiger partial charge >= 0.3 is 5.97 Å². The molecule has 3 fully saturated rings. The van der Waals surface area contributed by atoms with Gasteiger partial charge in [-0.1, -0.05) is 80.3 Å². The molecule has 24 heteroatoms. The van der Waals surface area contributed by atoms with Gasteiger partial charge in [0.15, 0.2) is 24.7 Å². The van der Waals surface area contributed by atoms with Gasteiger partial charge < -0.3 is 94.5 Å². The van der Waals surface area contributed by atoms with Crippen LogP contribution in [0.4, 0.5) is 0 Å². The molecular weight excluding hydrogens is 1090 g/mol.